The molecule has 174 valence electrons. The van der Waals surface area contributed by atoms with Crippen molar-refractivity contribution in [3.63, 3.8) is 0 Å². The lowest BCUT2D eigenvalue weighted by Gasteiger charge is -2.38. The number of anilines is 1. The Balaban J connectivity index is 1.51. The first-order valence-corrected chi connectivity index (χ1v) is 11.6. The molecule has 10 heteroatoms. The first kappa shape index (κ1) is 23.0. The van der Waals surface area contributed by atoms with Gasteiger partial charge in [0.15, 0.2) is 5.69 Å². The Bertz CT molecular complexity index is 1190. The van der Waals surface area contributed by atoms with Gasteiger partial charge in [-0.05, 0) is 45.4 Å². The van der Waals surface area contributed by atoms with E-state index in [0.29, 0.717) is 36.3 Å². The average molecular weight is 472 g/mol. The summed E-state index contributed by atoms with van der Waals surface area (Å²) in [6.45, 7) is 8.39. The summed E-state index contributed by atoms with van der Waals surface area (Å²) < 4.78 is 19.5. The quantitative estimate of drug-likeness (QED) is 0.518. The third-order valence-corrected chi connectivity index (χ3v) is 6.38. The fourth-order valence-electron chi connectivity index (χ4n) is 3.76. The van der Waals surface area contributed by atoms with Gasteiger partial charge in [-0.2, -0.15) is 0 Å². The van der Waals surface area contributed by atoms with E-state index in [0.717, 1.165) is 15.8 Å². The van der Waals surface area contributed by atoms with Crippen molar-refractivity contribution >= 4 is 39.4 Å². The van der Waals surface area contributed by atoms with Crippen LogP contribution in [-0.2, 0) is 9.53 Å². The second-order valence-corrected chi connectivity index (χ2v) is 9.84. The fraction of sp³-hybridized carbons (Fsp3) is 0.435. The molecule has 1 N–H and O–H groups in total. The number of likely N-dealkylation sites (tertiary alicyclic amines) is 1. The average Bonchev–Trinajstić information content (AvgIpc) is 3.08. The number of rotatable bonds is 7. The number of esters is 1. The number of nitrogens with one attached hydrogen (secondary N) is 1. The molecule has 1 fully saturated rings. The summed E-state index contributed by atoms with van der Waals surface area (Å²) in [6, 6.07) is 3.00. The van der Waals surface area contributed by atoms with Gasteiger partial charge in [-0.1, -0.05) is 0 Å². The Kier molecular flexibility index (Phi) is 6.55. The molecule has 0 radical (unpaired) electrons. The van der Waals surface area contributed by atoms with Crippen molar-refractivity contribution in [3.05, 3.63) is 46.5 Å². The maximum atomic E-state index is 13.6. The van der Waals surface area contributed by atoms with Crippen LogP contribution < -0.4 is 5.32 Å². The molecule has 0 spiro atoms. The Morgan fingerprint density at radius 2 is 2.00 bits per heavy atom. The van der Waals surface area contributed by atoms with Gasteiger partial charge in [0.25, 0.3) is 5.91 Å². The monoisotopic (exact) mass is 471 g/mol. The minimum atomic E-state index is -0.425. The van der Waals surface area contributed by atoms with Gasteiger partial charge >= 0.3 is 5.97 Å². The summed E-state index contributed by atoms with van der Waals surface area (Å²) in [4.78, 5) is 40.8. The zero-order valence-corrected chi connectivity index (χ0v) is 19.8. The molecular formula is C23H26FN5O3S. The zero-order chi connectivity index (χ0) is 23.7. The lowest BCUT2D eigenvalue weighted by atomic mass is 9.96. The molecule has 1 saturated heterocycles. The van der Waals surface area contributed by atoms with Crippen LogP contribution in [0.3, 0.4) is 0 Å². The third-order valence-electron chi connectivity index (χ3n) is 5.34. The predicted molar refractivity (Wildman–Crippen MR) is 124 cm³/mol. The van der Waals surface area contributed by atoms with Crippen LogP contribution in [0.2, 0.25) is 0 Å². The molecule has 1 aliphatic rings. The fourth-order valence-corrected chi connectivity index (χ4v) is 4.69. The van der Waals surface area contributed by atoms with Crippen molar-refractivity contribution in [2.75, 3.05) is 18.4 Å². The summed E-state index contributed by atoms with van der Waals surface area (Å²) in [5.74, 6) is -0.487. The van der Waals surface area contributed by atoms with Crippen LogP contribution in [0.5, 0.6) is 0 Å². The minimum absolute atomic E-state index is 0.0840. The molecule has 1 aliphatic heterocycles. The number of nitrogens with zero attached hydrogens (tertiary/aromatic N) is 4. The Hall–Kier alpha value is -3.14. The van der Waals surface area contributed by atoms with Gasteiger partial charge in [0.2, 0.25) is 5.95 Å². The molecule has 3 aromatic heterocycles. The first-order chi connectivity index (χ1) is 15.7. The number of aromatic nitrogens is 3. The zero-order valence-electron chi connectivity index (χ0n) is 19.0. The van der Waals surface area contributed by atoms with Crippen LogP contribution >= 0.6 is 11.3 Å². The van der Waals surface area contributed by atoms with Crippen LogP contribution in [0.1, 0.15) is 54.2 Å². The van der Waals surface area contributed by atoms with E-state index in [1.165, 1.54) is 17.4 Å². The number of hydrogen-bond donors (Lipinski definition) is 1. The van der Waals surface area contributed by atoms with Gasteiger partial charge in [0, 0.05) is 30.1 Å². The van der Waals surface area contributed by atoms with E-state index in [1.807, 2.05) is 33.8 Å². The summed E-state index contributed by atoms with van der Waals surface area (Å²) >= 11 is 1.47. The number of ether oxygens (including phenoxy) is 1. The molecule has 0 aliphatic carbocycles. The minimum Gasteiger partial charge on any atom is -0.463 e. The normalized spacial score (nSPS) is 14.9. The molecule has 4 rings (SSSR count). The number of fused-ring (bicyclic) bond motifs is 1. The predicted octanol–water partition coefficient (Wildman–Crippen LogP) is 4.12. The van der Waals surface area contributed by atoms with Crippen molar-refractivity contribution in [2.45, 2.75) is 46.3 Å². The number of pyridine rings is 1. The standard InChI is InChI=1S/C23H26FN5O3S/c1-12(2)32-19(30)6-15-10-29(11-15)22(31)20-21-18(5-13(3)33-21)27-23(28-20)26-14(4)16-7-17(24)9-25-8-16/h5,7-9,12,14-15H,6,10-11H2,1-4H3,(H,26,27,28)/t14-/m0/s1. The number of hydrogen-bond acceptors (Lipinski definition) is 8. The van der Waals surface area contributed by atoms with Crippen LogP contribution in [0.15, 0.2) is 24.5 Å². The SMILES string of the molecule is Cc1cc2nc(N[C@@H](C)c3cncc(F)c3)nc(C(=O)N3CC(CC(=O)OC(C)C)C3)c2s1. The van der Waals surface area contributed by atoms with E-state index in [2.05, 4.69) is 20.3 Å². The maximum Gasteiger partial charge on any atom is 0.306 e. The van der Waals surface area contributed by atoms with Gasteiger partial charge in [-0.3, -0.25) is 14.6 Å². The van der Waals surface area contributed by atoms with Gasteiger partial charge < -0.3 is 15.0 Å². The molecule has 0 aromatic carbocycles. The van der Waals surface area contributed by atoms with E-state index in [4.69, 9.17) is 4.74 Å². The van der Waals surface area contributed by atoms with Crippen LogP contribution in [0, 0.1) is 18.7 Å². The second-order valence-electron chi connectivity index (χ2n) is 8.59. The van der Waals surface area contributed by atoms with E-state index in [1.54, 1.807) is 11.1 Å². The summed E-state index contributed by atoms with van der Waals surface area (Å²) in [5.41, 5.74) is 1.65. The highest BCUT2D eigenvalue weighted by Crippen LogP contribution is 2.31. The highest BCUT2D eigenvalue weighted by Gasteiger charge is 2.35. The van der Waals surface area contributed by atoms with Crippen LogP contribution in [0.25, 0.3) is 10.2 Å². The Labute approximate surface area is 195 Å². The van der Waals surface area contributed by atoms with E-state index in [9.17, 15) is 14.0 Å². The van der Waals surface area contributed by atoms with Gasteiger partial charge in [-0.25, -0.2) is 14.4 Å². The van der Waals surface area contributed by atoms with Crippen molar-refractivity contribution in [1.82, 2.24) is 19.9 Å². The topological polar surface area (TPSA) is 97.3 Å². The van der Waals surface area contributed by atoms with Crippen molar-refractivity contribution in [2.24, 2.45) is 5.92 Å². The molecule has 1 atom stereocenters. The first-order valence-electron chi connectivity index (χ1n) is 10.8. The van der Waals surface area contributed by atoms with Crippen LogP contribution in [0.4, 0.5) is 10.3 Å². The van der Waals surface area contributed by atoms with Gasteiger partial charge in [0.05, 0.1) is 35.0 Å². The number of halogens is 1. The Morgan fingerprint density at radius 3 is 2.70 bits per heavy atom. The number of amides is 1. The highest BCUT2D eigenvalue weighted by atomic mass is 32.1. The molecule has 33 heavy (non-hydrogen) atoms. The van der Waals surface area contributed by atoms with E-state index in [-0.39, 0.29) is 35.9 Å². The lowest BCUT2D eigenvalue weighted by molar-refractivity contribution is -0.149. The number of aryl methyl sites for hydroxylation is 1. The van der Waals surface area contributed by atoms with E-state index < -0.39 is 5.82 Å². The van der Waals surface area contributed by atoms with Crippen molar-refractivity contribution in [1.29, 1.82) is 0 Å². The molecule has 0 saturated carbocycles. The molecular weight excluding hydrogens is 445 g/mol. The molecule has 8 nitrogen and oxygen atoms in total. The summed E-state index contributed by atoms with van der Waals surface area (Å²) in [7, 11) is 0. The van der Waals surface area contributed by atoms with Crippen molar-refractivity contribution < 1.29 is 18.7 Å². The smallest absolute Gasteiger partial charge is 0.306 e. The number of thiophene rings is 1. The molecule has 0 bridgehead atoms. The second kappa shape index (κ2) is 9.38. The summed E-state index contributed by atoms with van der Waals surface area (Å²) in [6.07, 6.45) is 2.87. The summed E-state index contributed by atoms with van der Waals surface area (Å²) in [5, 5.41) is 3.15. The maximum absolute atomic E-state index is 13.6. The molecule has 1 amide bonds. The number of carbonyl (C=O) groups is 2. The number of carbonyl (C=O) groups excluding carboxylic acids is 2. The largest absolute Gasteiger partial charge is 0.463 e. The Morgan fingerprint density at radius 1 is 1.24 bits per heavy atom. The third kappa shape index (κ3) is 5.27. The van der Waals surface area contributed by atoms with Gasteiger partial charge in [0.1, 0.15) is 5.82 Å². The van der Waals surface area contributed by atoms with Gasteiger partial charge in [-0.15, -0.1) is 11.3 Å². The van der Waals surface area contributed by atoms with E-state index >= 15 is 0 Å². The lowest BCUT2D eigenvalue weighted by Crippen LogP contribution is -2.51. The van der Waals surface area contributed by atoms with Crippen molar-refractivity contribution in [3.8, 4) is 0 Å². The molecule has 0 unspecified atom stereocenters. The molecule has 3 aromatic rings. The molecule has 4 heterocycles. The van der Waals surface area contributed by atoms with Crippen LogP contribution in [-0.4, -0.2) is 50.9 Å². The highest BCUT2D eigenvalue weighted by molar-refractivity contribution is 7.19.